The van der Waals surface area contributed by atoms with Gasteiger partial charge in [0.25, 0.3) is 17.6 Å². The lowest BCUT2D eigenvalue weighted by atomic mass is 9.89. The molecule has 7 nitrogen and oxygen atoms in total. The van der Waals surface area contributed by atoms with Gasteiger partial charge in [0.15, 0.2) is 0 Å². The summed E-state index contributed by atoms with van der Waals surface area (Å²) in [5.41, 5.74) is 2.59. The number of fused-ring (bicyclic) bond motifs is 1. The van der Waals surface area contributed by atoms with Crippen molar-refractivity contribution in [3.05, 3.63) is 70.7 Å². The minimum Gasteiger partial charge on any atom is -0.342 e. The van der Waals surface area contributed by atoms with Crippen LogP contribution in [0.15, 0.2) is 42.6 Å². The van der Waals surface area contributed by atoms with E-state index >= 15 is 0 Å². The Morgan fingerprint density at radius 2 is 1.60 bits per heavy atom. The summed E-state index contributed by atoms with van der Waals surface area (Å²) in [5.74, 6) is -1.58. The fourth-order valence-corrected chi connectivity index (χ4v) is 5.32. The van der Waals surface area contributed by atoms with E-state index in [0.717, 1.165) is 24.8 Å². The lowest BCUT2D eigenvalue weighted by Crippen LogP contribution is -2.39. The predicted octanol–water partition coefficient (Wildman–Crippen LogP) is 5.53. The van der Waals surface area contributed by atoms with E-state index in [-0.39, 0.29) is 35.0 Å². The minimum atomic E-state index is -0.721. The molecule has 212 valence electrons. The molecule has 1 aliphatic heterocycles. The first-order chi connectivity index (χ1) is 18.7. The largest absolute Gasteiger partial charge is 0.342 e. The molecule has 0 aliphatic carbocycles. The van der Waals surface area contributed by atoms with Gasteiger partial charge in [-0.2, -0.15) is 0 Å². The number of nitrogens with zero attached hydrogens (tertiary/aromatic N) is 3. The van der Waals surface area contributed by atoms with Gasteiger partial charge in [0, 0.05) is 50.8 Å². The summed E-state index contributed by atoms with van der Waals surface area (Å²) in [4.78, 5) is 55.7. The van der Waals surface area contributed by atoms with Crippen molar-refractivity contribution in [1.82, 2.24) is 14.4 Å². The van der Waals surface area contributed by atoms with Crippen LogP contribution in [0.1, 0.15) is 76.7 Å². The van der Waals surface area contributed by atoms with Crippen molar-refractivity contribution in [2.75, 3.05) is 27.2 Å². The zero-order valence-corrected chi connectivity index (χ0v) is 24.2. The summed E-state index contributed by atoms with van der Waals surface area (Å²) < 4.78 is 14.7. The Labute approximate surface area is 234 Å². The zero-order valence-electron chi connectivity index (χ0n) is 24.2. The summed E-state index contributed by atoms with van der Waals surface area (Å²) >= 11 is 0. The number of likely N-dealkylation sites (N-methyl/N-ethyl adjacent to an activating group) is 1. The Morgan fingerprint density at radius 3 is 2.17 bits per heavy atom. The number of halogens is 1. The number of aromatic nitrogens is 1. The van der Waals surface area contributed by atoms with Crippen LogP contribution in [0.25, 0.3) is 10.9 Å². The summed E-state index contributed by atoms with van der Waals surface area (Å²) in [7, 11) is 3.01. The molecule has 40 heavy (non-hydrogen) atoms. The Kier molecular flexibility index (Phi) is 8.28. The maximum Gasteiger partial charge on any atom is 0.294 e. The number of ketones is 1. The standard InChI is InChI=1S/C32H38FN3O4/c1-20-15-27-25(26(29(38)31(40)34(5)6)19-36(27)28(37)18-32(2,3)4)17-24(20)30(39)35-13-11-22(12-14-35)16-21-7-9-23(33)10-8-21/h7-10,15,17,19,22H,11-14,16,18H2,1-6H3. The molecule has 0 atom stereocenters. The van der Waals surface area contributed by atoms with Gasteiger partial charge < -0.3 is 9.80 Å². The summed E-state index contributed by atoms with van der Waals surface area (Å²) in [5, 5.41) is 0.419. The van der Waals surface area contributed by atoms with Crippen molar-refractivity contribution in [2.45, 2.75) is 53.4 Å². The SMILES string of the molecule is Cc1cc2c(cc1C(=O)N1CCC(Cc3ccc(F)cc3)CC1)c(C(=O)C(=O)N(C)C)cn2C(=O)CC(C)(C)C. The average molecular weight is 548 g/mol. The molecule has 0 bridgehead atoms. The number of aryl methyl sites for hydroxylation is 1. The van der Waals surface area contributed by atoms with Crippen LogP contribution in [0.5, 0.6) is 0 Å². The molecule has 8 heteroatoms. The normalized spacial score (nSPS) is 14.4. The number of likely N-dealkylation sites (tertiary alicyclic amines) is 1. The fourth-order valence-electron chi connectivity index (χ4n) is 5.32. The van der Waals surface area contributed by atoms with Gasteiger partial charge in [0.05, 0.1) is 11.1 Å². The molecule has 0 radical (unpaired) electrons. The van der Waals surface area contributed by atoms with E-state index in [1.165, 1.54) is 41.9 Å². The Bertz CT molecular complexity index is 1460. The monoisotopic (exact) mass is 547 g/mol. The molecule has 1 aromatic heterocycles. The van der Waals surface area contributed by atoms with Gasteiger partial charge in [0.1, 0.15) is 5.82 Å². The Hall–Kier alpha value is -3.81. The molecule has 2 aromatic carbocycles. The lowest BCUT2D eigenvalue weighted by molar-refractivity contribution is -0.124. The molecule has 0 spiro atoms. The second-order valence-corrected chi connectivity index (χ2v) is 12.3. The first kappa shape index (κ1) is 29.2. The number of amides is 2. The van der Waals surface area contributed by atoms with Gasteiger partial charge in [0.2, 0.25) is 5.91 Å². The highest BCUT2D eigenvalue weighted by molar-refractivity contribution is 6.45. The van der Waals surface area contributed by atoms with Crippen LogP contribution in [-0.2, 0) is 11.2 Å². The van der Waals surface area contributed by atoms with Crippen LogP contribution >= 0.6 is 0 Å². The third-order valence-electron chi connectivity index (χ3n) is 7.52. The van der Waals surface area contributed by atoms with Gasteiger partial charge in [-0.1, -0.05) is 32.9 Å². The van der Waals surface area contributed by atoms with Crippen molar-refractivity contribution < 1.29 is 23.6 Å². The highest BCUT2D eigenvalue weighted by atomic mass is 19.1. The van der Waals surface area contributed by atoms with Crippen LogP contribution in [0.2, 0.25) is 0 Å². The highest BCUT2D eigenvalue weighted by Gasteiger charge is 2.29. The van der Waals surface area contributed by atoms with Crippen LogP contribution in [-0.4, -0.2) is 65.1 Å². The molecule has 1 aliphatic rings. The summed E-state index contributed by atoms with van der Waals surface area (Å²) in [6.07, 6.45) is 4.21. The topological polar surface area (TPSA) is 79.7 Å². The van der Waals surface area contributed by atoms with E-state index < -0.39 is 11.7 Å². The molecule has 1 saturated heterocycles. The van der Waals surface area contributed by atoms with Crippen molar-refractivity contribution in [2.24, 2.45) is 11.3 Å². The third kappa shape index (κ3) is 6.32. The van der Waals surface area contributed by atoms with Crippen LogP contribution in [0.4, 0.5) is 4.39 Å². The number of piperidine rings is 1. The molecule has 2 heterocycles. The molecule has 0 N–H and O–H groups in total. The fraction of sp³-hybridized carbons (Fsp3) is 0.438. The smallest absolute Gasteiger partial charge is 0.294 e. The van der Waals surface area contributed by atoms with Crippen molar-refractivity contribution in [3.63, 3.8) is 0 Å². The average Bonchev–Trinajstić information content (AvgIpc) is 3.26. The minimum absolute atomic E-state index is 0.114. The van der Waals surface area contributed by atoms with E-state index in [9.17, 15) is 23.6 Å². The van der Waals surface area contributed by atoms with Crippen LogP contribution < -0.4 is 0 Å². The maximum atomic E-state index is 13.7. The molecular weight excluding hydrogens is 509 g/mol. The van der Waals surface area contributed by atoms with Crippen LogP contribution in [0.3, 0.4) is 0 Å². The number of benzene rings is 2. The van der Waals surface area contributed by atoms with E-state index in [4.69, 9.17) is 0 Å². The van der Waals surface area contributed by atoms with E-state index in [1.807, 2.05) is 44.7 Å². The highest BCUT2D eigenvalue weighted by Crippen LogP contribution is 2.30. The molecular formula is C32H38FN3O4. The van der Waals surface area contributed by atoms with Gasteiger partial charge in [-0.3, -0.25) is 23.7 Å². The van der Waals surface area contributed by atoms with Gasteiger partial charge in [-0.25, -0.2) is 4.39 Å². The quantitative estimate of drug-likeness (QED) is 0.300. The molecule has 3 aromatic rings. The van der Waals surface area contributed by atoms with Gasteiger partial charge >= 0.3 is 0 Å². The number of Topliss-reactive ketones (excluding diaryl/α,β-unsaturated/α-hetero) is 1. The molecule has 1 fully saturated rings. The van der Waals surface area contributed by atoms with Crippen molar-refractivity contribution in [1.29, 1.82) is 0 Å². The van der Waals surface area contributed by atoms with Gasteiger partial charge in [-0.05, 0) is 72.9 Å². The number of carbonyl (C=O) groups excluding carboxylic acids is 4. The number of rotatable bonds is 6. The van der Waals surface area contributed by atoms with E-state index in [0.29, 0.717) is 41.0 Å². The second kappa shape index (κ2) is 11.4. The number of hydrogen-bond donors (Lipinski definition) is 0. The van der Waals surface area contributed by atoms with E-state index in [1.54, 1.807) is 12.1 Å². The van der Waals surface area contributed by atoms with Crippen LogP contribution in [0, 0.1) is 24.1 Å². The second-order valence-electron chi connectivity index (χ2n) is 12.3. The first-order valence-corrected chi connectivity index (χ1v) is 13.7. The molecule has 2 amide bonds. The predicted molar refractivity (Wildman–Crippen MR) is 153 cm³/mol. The van der Waals surface area contributed by atoms with Crippen molar-refractivity contribution in [3.8, 4) is 0 Å². The third-order valence-corrected chi connectivity index (χ3v) is 7.52. The summed E-state index contributed by atoms with van der Waals surface area (Å²) in [6.45, 7) is 8.90. The Morgan fingerprint density at radius 1 is 0.975 bits per heavy atom. The maximum absolute atomic E-state index is 13.7. The van der Waals surface area contributed by atoms with E-state index in [2.05, 4.69) is 0 Å². The lowest BCUT2D eigenvalue weighted by Gasteiger charge is -2.32. The molecule has 0 saturated carbocycles. The zero-order chi connectivity index (χ0) is 29.4. The molecule has 4 rings (SSSR count). The number of hydrogen-bond acceptors (Lipinski definition) is 4. The Balaban J connectivity index is 1.62. The summed E-state index contributed by atoms with van der Waals surface area (Å²) in [6, 6.07) is 9.99. The number of carbonyl (C=O) groups is 4. The van der Waals surface area contributed by atoms with Gasteiger partial charge in [-0.15, -0.1) is 0 Å². The molecule has 0 unspecified atom stereocenters. The first-order valence-electron chi connectivity index (χ1n) is 13.7. The van der Waals surface area contributed by atoms with Crippen molar-refractivity contribution >= 4 is 34.4 Å².